The van der Waals surface area contributed by atoms with Crippen LogP contribution in [0.2, 0.25) is 5.02 Å². The number of nitrogens with zero attached hydrogens (tertiary/aromatic N) is 1. The second kappa shape index (κ2) is 8.57. The van der Waals surface area contributed by atoms with E-state index in [0.717, 1.165) is 16.7 Å². The van der Waals surface area contributed by atoms with Gasteiger partial charge in [0, 0.05) is 18.2 Å². The van der Waals surface area contributed by atoms with Gasteiger partial charge in [-0.3, -0.25) is 24.6 Å². The topological polar surface area (TPSA) is 78.5 Å². The van der Waals surface area contributed by atoms with Gasteiger partial charge in [-0.15, -0.1) is 0 Å². The minimum absolute atomic E-state index is 0.216. The van der Waals surface area contributed by atoms with Crippen LogP contribution in [0.15, 0.2) is 72.8 Å². The van der Waals surface area contributed by atoms with Gasteiger partial charge in [-0.1, -0.05) is 78.3 Å². The lowest BCUT2D eigenvalue weighted by Crippen LogP contribution is -2.53. The molecule has 2 N–H and O–H groups in total. The summed E-state index contributed by atoms with van der Waals surface area (Å²) in [6.45, 7) is 2.19. The summed E-state index contributed by atoms with van der Waals surface area (Å²) in [5, 5.41) is 6.84. The highest BCUT2D eigenvalue weighted by Crippen LogP contribution is 2.54. The quantitative estimate of drug-likeness (QED) is 0.523. The molecule has 2 saturated heterocycles. The maximum atomic E-state index is 14.0. The third kappa shape index (κ3) is 3.39. The highest BCUT2D eigenvalue weighted by atomic mass is 35.5. The second-order valence-corrected chi connectivity index (χ2v) is 10.3. The minimum Gasteiger partial charge on any atom is -0.323 e. The molecule has 0 saturated carbocycles. The van der Waals surface area contributed by atoms with Crippen LogP contribution >= 0.6 is 11.6 Å². The molecule has 4 atom stereocenters. The monoisotopic (exact) mass is 499 g/mol. The highest BCUT2D eigenvalue weighted by Gasteiger charge is 2.70. The van der Waals surface area contributed by atoms with Gasteiger partial charge in [0.25, 0.3) is 0 Å². The summed E-state index contributed by atoms with van der Waals surface area (Å²) in [4.78, 5) is 42.8. The van der Waals surface area contributed by atoms with Crippen molar-refractivity contribution in [2.24, 2.45) is 11.8 Å². The van der Waals surface area contributed by atoms with Crippen LogP contribution in [0.25, 0.3) is 0 Å². The molecule has 3 heterocycles. The van der Waals surface area contributed by atoms with E-state index < -0.39 is 17.4 Å². The molecule has 182 valence electrons. The molecular weight excluding hydrogens is 474 g/mol. The van der Waals surface area contributed by atoms with E-state index in [1.54, 1.807) is 6.07 Å². The summed E-state index contributed by atoms with van der Waals surface area (Å²) in [6.07, 6.45) is 1.09. The van der Waals surface area contributed by atoms with Crippen LogP contribution in [0.5, 0.6) is 0 Å². The van der Waals surface area contributed by atoms with Crippen molar-refractivity contribution < 1.29 is 14.4 Å². The first-order valence-corrected chi connectivity index (χ1v) is 12.6. The highest BCUT2D eigenvalue weighted by molar-refractivity contribution is 6.35. The molecular formula is C29H26ClN3O3. The lowest BCUT2D eigenvalue weighted by atomic mass is 9.76. The molecule has 7 heteroatoms. The summed E-state index contributed by atoms with van der Waals surface area (Å²) in [6, 6.07) is 22.9. The largest absolute Gasteiger partial charge is 0.323 e. The van der Waals surface area contributed by atoms with Crippen LogP contribution < -0.4 is 10.6 Å². The molecule has 3 aromatic carbocycles. The van der Waals surface area contributed by atoms with Gasteiger partial charge in [0.15, 0.2) is 0 Å². The number of anilines is 1. The number of likely N-dealkylation sites (tertiary alicyclic amines) is 1. The molecule has 3 amide bonds. The van der Waals surface area contributed by atoms with Gasteiger partial charge in [-0.2, -0.15) is 0 Å². The van der Waals surface area contributed by atoms with Crippen LogP contribution in [0.3, 0.4) is 0 Å². The van der Waals surface area contributed by atoms with E-state index in [1.807, 2.05) is 73.7 Å². The zero-order chi connectivity index (χ0) is 25.0. The maximum absolute atomic E-state index is 14.0. The number of hydrogen-bond donors (Lipinski definition) is 2. The van der Waals surface area contributed by atoms with E-state index in [4.69, 9.17) is 11.6 Å². The fourth-order valence-corrected chi connectivity index (χ4v) is 6.52. The fraction of sp³-hybridized carbons (Fsp3) is 0.276. The predicted molar refractivity (Wildman–Crippen MR) is 137 cm³/mol. The average molecular weight is 500 g/mol. The summed E-state index contributed by atoms with van der Waals surface area (Å²) in [5.41, 5.74) is 2.79. The molecule has 1 spiro atoms. The van der Waals surface area contributed by atoms with Gasteiger partial charge >= 0.3 is 0 Å². The Bertz CT molecular complexity index is 1380. The number of halogens is 1. The lowest BCUT2D eigenvalue weighted by molar-refractivity contribution is -0.142. The molecule has 0 aromatic heterocycles. The first kappa shape index (κ1) is 23.0. The van der Waals surface area contributed by atoms with Crippen molar-refractivity contribution in [3.63, 3.8) is 0 Å². The number of carbonyl (C=O) groups excluding carboxylic acids is 3. The van der Waals surface area contributed by atoms with Crippen LogP contribution in [0, 0.1) is 18.8 Å². The number of amides is 3. The van der Waals surface area contributed by atoms with Crippen LogP contribution in [0.1, 0.15) is 22.3 Å². The molecule has 36 heavy (non-hydrogen) atoms. The van der Waals surface area contributed by atoms with Crippen molar-refractivity contribution in [2.75, 3.05) is 11.9 Å². The standard InChI is InChI=1S/C29H26ClN3O3/c1-17-14-20-25(21(30)15-17)31-28(36)29(20)24-23(22(32-29)16-19-10-6-3-7-11-19)26(34)33(27(24)35)13-12-18-8-4-2-5-9-18/h2-11,14-15,22-24,32H,12-13,16H2,1H3,(H,31,36)/t22-,23+,24-,29+/m0/s1. The average Bonchev–Trinajstić information content (AvgIpc) is 3.44. The first-order chi connectivity index (χ1) is 17.4. The molecule has 2 fully saturated rings. The number of carbonyl (C=O) groups is 3. The van der Waals surface area contributed by atoms with E-state index in [-0.39, 0.29) is 30.3 Å². The Morgan fingerprint density at radius 1 is 0.917 bits per heavy atom. The zero-order valence-corrected chi connectivity index (χ0v) is 20.6. The number of fused-ring (bicyclic) bond motifs is 4. The van der Waals surface area contributed by atoms with Crippen molar-refractivity contribution >= 4 is 35.0 Å². The minimum atomic E-state index is -1.34. The van der Waals surface area contributed by atoms with Crippen LogP contribution in [-0.2, 0) is 32.8 Å². The van der Waals surface area contributed by atoms with Gasteiger partial charge in [0.2, 0.25) is 17.7 Å². The number of imide groups is 1. The first-order valence-electron chi connectivity index (χ1n) is 12.2. The zero-order valence-electron chi connectivity index (χ0n) is 19.8. The van der Waals surface area contributed by atoms with Crippen molar-refractivity contribution in [2.45, 2.75) is 31.3 Å². The van der Waals surface area contributed by atoms with Crippen molar-refractivity contribution in [3.8, 4) is 0 Å². The number of aryl methyl sites for hydroxylation is 1. The van der Waals surface area contributed by atoms with Crippen LogP contribution in [0.4, 0.5) is 5.69 Å². The second-order valence-electron chi connectivity index (χ2n) is 9.94. The summed E-state index contributed by atoms with van der Waals surface area (Å²) < 4.78 is 0. The van der Waals surface area contributed by atoms with E-state index >= 15 is 0 Å². The van der Waals surface area contributed by atoms with Gasteiger partial charge in [-0.05, 0) is 42.5 Å². The molecule has 3 aromatic rings. The Hall–Kier alpha value is -3.48. The third-order valence-electron chi connectivity index (χ3n) is 7.78. The summed E-state index contributed by atoms with van der Waals surface area (Å²) in [7, 11) is 0. The number of benzene rings is 3. The Labute approximate surface area is 214 Å². The van der Waals surface area contributed by atoms with Crippen molar-refractivity contribution in [1.29, 1.82) is 0 Å². The Morgan fingerprint density at radius 2 is 1.58 bits per heavy atom. The fourth-order valence-electron chi connectivity index (χ4n) is 6.20. The van der Waals surface area contributed by atoms with Gasteiger partial charge in [0.1, 0.15) is 5.54 Å². The predicted octanol–water partition coefficient (Wildman–Crippen LogP) is 3.85. The molecule has 6 nitrogen and oxygen atoms in total. The van der Waals surface area contributed by atoms with Crippen LogP contribution in [-0.4, -0.2) is 35.2 Å². The summed E-state index contributed by atoms with van der Waals surface area (Å²) in [5.74, 6) is -2.34. The molecule has 6 rings (SSSR count). The van der Waals surface area contributed by atoms with Gasteiger partial charge in [-0.25, -0.2) is 0 Å². The molecule has 0 unspecified atom stereocenters. The van der Waals surface area contributed by atoms with Crippen molar-refractivity contribution in [3.05, 3.63) is 100 Å². The number of nitrogens with one attached hydrogen (secondary N) is 2. The van der Waals surface area contributed by atoms with Gasteiger partial charge in [0.05, 0.1) is 22.5 Å². The van der Waals surface area contributed by atoms with E-state index in [1.165, 1.54) is 4.90 Å². The number of hydrogen-bond acceptors (Lipinski definition) is 4. The molecule has 0 bridgehead atoms. The number of rotatable bonds is 5. The summed E-state index contributed by atoms with van der Waals surface area (Å²) >= 11 is 6.52. The Kier molecular flexibility index (Phi) is 5.47. The Balaban J connectivity index is 1.42. The molecule has 3 aliphatic heterocycles. The third-order valence-corrected chi connectivity index (χ3v) is 8.07. The Morgan fingerprint density at radius 3 is 2.28 bits per heavy atom. The van der Waals surface area contributed by atoms with E-state index in [9.17, 15) is 14.4 Å². The maximum Gasteiger partial charge on any atom is 0.250 e. The SMILES string of the molecule is Cc1cc(Cl)c2c(c1)[C@]1(N[C@@H](Cc3ccccc3)[C@H]3C(=O)N(CCc4ccccc4)C(=O)[C@H]31)C(=O)N2. The smallest absolute Gasteiger partial charge is 0.250 e. The van der Waals surface area contributed by atoms with E-state index in [0.29, 0.717) is 29.1 Å². The van der Waals surface area contributed by atoms with Crippen molar-refractivity contribution in [1.82, 2.24) is 10.2 Å². The molecule has 0 aliphatic carbocycles. The van der Waals surface area contributed by atoms with Gasteiger partial charge < -0.3 is 5.32 Å². The lowest BCUT2D eigenvalue weighted by Gasteiger charge is -2.30. The molecule has 0 radical (unpaired) electrons. The normalized spacial score (nSPS) is 26.4. The molecule has 3 aliphatic rings. The van der Waals surface area contributed by atoms with E-state index in [2.05, 4.69) is 10.6 Å².